The van der Waals surface area contributed by atoms with Crippen LogP contribution in [0.2, 0.25) is 0 Å². The first-order valence-corrected chi connectivity index (χ1v) is 6.00. The number of aliphatic hydroxyl groups is 1. The van der Waals surface area contributed by atoms with Crippen molar-refractivity contribution >= 4 is 15.9 Å². The van der Waals surface area contributed by atoms with Gasteiger partial charge in [-0.3, -0.25) is 0 Å². The molecule has 1 aromatic heterocycles. The lowest BCUT2D eigenvalue weighted by Gasteiger charge is -2.20. The van der Waals surface area contributed by atoms with Crippen LogP contribution in [0.1, 0.15) is 26.0 Å². The molecule has 15 heavy (non-hydrogen) atoms. The van der Waals surface area contributed by atoms with Crippen molar-refractivity contribution in [3.63, 3.8) is 0 Å². The fourth-order valence-corrected chi connectivity index (χ4v) is 1.83. The van der Waals surface area contributed by atoms with Crippen LogP contribution in [0.3, 0.4) is 0 Å². The van der Waals surface area contributed by atoms with E-state index in [1.54, 1.807) is 6.26 Å². The molecule has 3 nitrogen and oxygen atoms in total. The quantitative estimate of drug-likeness (QED) is 0.839. The SMILES string of the molecule is CC(C)C(CCO)NCc1occc1Br. The Labute approximate surface area is 99.0 Å². The van der Waals surface area contributed by atoms with Gasteiger partial charge in [-0.25, -0.2) is 0 Å². The average molecular weight is 276 g/mol. The summed E-state index contributed by atoms with van der Waals surface area (Å²) >= 11 is 3.41. The van der Waals surface area contributed by atoms with Gasteiger partial charge in [0.1, 0.15) is 5.76 Å². The van der Waals surface area contributed by atoms with Crippen LogP contribution in [0.15, 0.2) is 21.2 Å². The van der Waals surface area contributed by atoms with E-state index >= 15 is 0 Å². The number of halogens is 1. The maximum atomic E-state index is 8.92. The van der Waals surface area contributed by atoms with Gasteiger partial charge in [0.2, 0.25) is 0 Å². The molecule has 4 heteroatoms. The molecule has 1 heterocycles. The molecule has 0 spiro atoms. The highest BCUT2D eigenvalue weighted by atomic mass is 79.9. The lowest BCUT2D eigenvalue weighted by Crippen LogP contribution is -2.34. The second-order valence-electron chi connectivity index (χ2n) is 3.94. The number of aliphatic hydroxyl groups excluding tert-OH is 1. The van der Waals surface area contributed by atoms with E-state index in [0.717, 1.165) is 16.7 Å². The standard InChI is InChI=1S/C11H18BrNO2/c1-8(2)10(3-5-14)13-7-11-9(12)4-6-15-11/h4,6,8,10,13-14H,3,5,7H2,1-2H3. The summed E-state index contributed by atoms with van der Waals surface area (Å²) in [7, 11) is 0. The molecule has 0 radical (unpaired) electrons. The summed E-state index contributed by atoms with van der Waals surface area (Å²) in [4.78, 5) is 0. The van der Waals surface area contributed by atoms with Crippen LogP contribution in [0.5, 0.6) is 0 Å². The van der Waals surface area contributed by atoms with Crippen LogP contribution in [-0.4, -0.2) is 17.8 Å². The minimum Gasteiger partial charge on any atom is -0.467 e. The van der Waals surface area contributed by atoms with Crippen LogP contribution < -0.4 is 5.32 Å². The topological polar surface area (TPSA) is 45.4 Å². The third kappa shape index (κ3) is 3.97. The van der Waals surface area contributed by atoms with Crippen molar-refractivity contribution in [3.05, 3.63) is 22.6 Å². The second kappa shape index (κ2) is 6.30. The van der Waals surface area contributed by atoms with Gasteiger partial charge in [-0.15, -0.1) is 0 Å². The van der Waals surface area contributed by atoms with Gasteiger partial charge in [-0.2, -0.15) is 0 Å². The Bertz CT molecular complexity index is 286. The van der Waals surface area contributed by atoms with E-state index in [9.17, 15) is 0 Å². The first-order chi connectivity index (χ1) is 7.15. The number of nitrogens with one attached hydrogen (secondary N) is 1. The minimum atomic E-state index is 0.217. The van der Waals surface area contributed by atoms with E-state index in [2.05, 4.69) is 35.1 Å². The Morgan fingerprint density at radius 2 is 2.27 bits per heavy atom. The monoisotopic (exact) mass is 275 g/mol. The van der Waals surface area contributed by atoms with Crippen molar-refractivity contribution in [2.45, 2.75) is 32.9 Å². The second-order valence-corrected chi connectivity index (χ2v) is 4.79. The van der Waals surface area contributed by atoms with E-state index in [4.69, 9.17) is 9.52 Å². The fraction of sp³-hybridized carbons (Fsp3) is 0.636. The highest BCUT2D eigenvalue weighted by Gasteiger charge is 2.13. The molecule has 1 unspecified atom stereocenters. The molecule has 0 bridgehead atoms. The van der Waals surface area contributed by atoms with E-state index in [-0.39, 0.29) is 6.61 Å². The third-order valence-electron chi connectivity index (χ3n) is 2.46. The predicted octanol–water partition coefficient (Wildman–Crippen LogP) is 2.54. The third-order valence-corrected chi connectivity index (χ3v) is 3.17. The summed E-state index contributed by atoms with van der Waals surface area (Å²) in [5, 5.41) is 12.3. The summed E-state index contributed by atoms with van der Waals surface area (Å²) in [5.41, 5.74) is 0. The zero-order valence-corrected chi connectivity index (χ0v) is 10.8. The summed E-state index contributed by atoms with van der Waals surface area (Å²) in [6, 6.07) is 2.21. The Kier molecular flexibility index (Phi) is 5.36. The highest BCUT2D eigenvalue weighted by molar-refractivity contribution is 9.10. The van der Waals surface area contributed by atoms with Gasteiger partial charge in [0.05, 0.1) is 17.3 Å². The Hall–Kier alpha value is -0.320. The van der Waals surface area contributed by atoms with Gasteiger partial charge in [0.15, 0.2) is 0 Å². The smallest absolute Gasteiger partial charge is 0.131 e. The van der Waals surface area contributed by atoms with Crippen molar-refractivity contribution in [2.75, 3.05) is 6.61 Å². The molecule has 1 aromatic rings. The van der Waals surface area contributed by atoms with Crippen LogP contribution in [0.25, 0.3) is 0 Å². The van der Waals surface area contributed by atoms with Gasteiger partial charge in [-0.1, -0.05) is 13.8 Å². The molecule has 0 aliphatic rings. The van der Waals surface area contributed by atoms with Crippen molar-refractivity contribution in [1.29, 1.82) is 0 Å². The lowest BCUT2D eigenvalue weighted by atomic mass is 10.0. The highest BCUT2D eigenvalue weighted by Crippen LogP contribution is 2.18. The number of hydrogen-bond donors (Lipinski definition) is 2. The van der Waals surface area contributed by atoms with E-state index in [1.165, 1.54) is 0 Å². The molecule has 1 atom stereocenters. The summed E-state index contributed by atoms with van der Waals surface area (Å²) in [5.74, 6) is 1.41. The predicted molar refractivity (Wildman–Crippen MR) is 63.6 cm³/mol. The van der Waals surface area contributed by atoms with E-state index in [1.807, 2.05) is 6.07 Å². The molecule has 1 rings (SSSR count). The largest absolute Gasteiger partial charge is 0.467 e. The van der Waals surface area contributed by atoms with Crippen molar-refractivity contribution < 1.29 is 9.52 Å². The molecular formula is C11H18BrNO2. The van der Waals surface area contributed by atoms with Gasteiger partial charge < -0.3 is 14.8 Å². The van der Waals surface area contributed by atoms with Crippen LogP contribution in [0.4, 0.5) is 0 Å². The summed E-state index contributed by atoms with van der Waals surface area (Å²) in [6.07, 6.45) is 2.44. The molecule has 2 N–H and O–H groups in total. The Morgan fingerprint density at radius 1 is 1.53 bits per heavy atom. The molecule has 0 saturated carbocycles. The van der Waals surface area contributed by atoms with Crippen LogP contribution >= 0.6 is 15.9 Å². The summed E-state index contributed by atoms with van der Waals surface area (Å²) < 4.78 is 6.29. The molecule has 0 aliphatic heterocycles. The molecule has 0 aromatic carbocycles. The summed E-state index contributed by atoms with van der Waals surface area (Å²) in [6.45, 7) is 5.20. The average Bonchev–Trinajstić information content (AvgIpc) is 2.58. The van der Waals surface area contributed by atoms with Gasteiger partial charge in [0, 0.05) is 12.6 Å². The van der Waals surface area contributed by atoms with Crippen LogP contribution in [-0.2, 0) is 6.54 Å². The molecule has 0 saturated heterocycles. The zero-order valence-electron chi connectivity index (χ0n) is 9.16. The molecule has 0 aliphatic carbocycles. The first-order valence-electron chi connectivity index (χ1n) is 5.21. The number of rotatable bonds is 6. The lowest BCUT2D eigenvalue weighted by molar-refractivity contribution is 0.241. The number of hydrogen-bond acceptors (Lipinski definition) is 3. The van der Waals surface area contributed by atoms with Crippen LogP contribution in [0, 0.1) is 5.92 Å². The van der Waals surface area contributed by atoms with Crippen molar-refractivity contribution in [1.82, 2.24) is 5.32 Å². The Morgan fingerprint density at radius 3 is 2.73 bits per heavy atom. The number of furan rings is 1. The van der Waals surface area contributed by atoms with Gasteiger partial charge >= 0.3 is 0 Å². The Balaban J connectivity index is 2.43. The first kappa shape index (κ1) is 12.7. The van der Waals surface area contributed by atoms with Gasteiger partial charge in [-0.05, 0) is 34.3 Å². The van der Waals surface area contributed by atoms with Crippen molar-refractivity contribution in [3.8, 4) is 0 Å². The van der Waals surface area contributed by atoms with Crippen molar-refractivity contribution in [2.24, 2.45) is 5.92 Å². The maximum Gasteiger partial charge on any atom is 0.131 e. The molecule has 0 amide bonds. The molecule has 86 valence electrons. The minimum absolute atomic E-state index is 0.217. The van der Waals surface area contributed by atoms with E-state index < -0.39 is 0 Å². The zero-order chi connectivity index (χ0) is 11.3. The molecule has 0 fully saturated rings. The van der Waals surface area contributed by atoms with E-state index in [0.29, 0.717) is 18.5 Å². The normalized spacial score (nSPS) is 13.4. The molecular weight excluding hydrogens is 258 g/mol. The maximum absolute atomic E-state index is 8.92. The van der Waals surface area contributed by atoms with Gasteiger partial charge in [0.25, 0.3) is 0 Å². The fourth-order valence-electron chi connectivity index (χ4n) is 1.49.